The van der Waals surface area contributed by atoms with Crippen LogP contribution in [-0.4, -0.2) is 64.9 Å². The summed E-state index contributed by atoms with van der Waals surface area (Å²) in [5, 5.41) is 28.0. The predicted octanol–water partition coefficient (Wildman–Crippen LogP) is 5.20. The number of rotatable bonds is 12. The number of alkyl halides is 1. The second kappa shape index (κ2) is 15.7. The fraction of sp³-hybridized carbons (Fsp3) is 0.341. The van der Waals surface area contributed by atoms with Crippen molar-refractivity contribution in [3.05, 3.63) is 112 Å². The van der Waals surface area contributed by atoms with Crippen LogP contribution in [0.2, 0.25) is 0 Å². The number of carbonyl (C=O) groups excluding carboxylic acids is 2. The van der Waals surface area contributed by atoms with E-state index in [1.807, 2.05) is 55.3 Å². The van der Waals surface area contributed by atoms with Crippen molar-refractivity contribution in [1.82, 2.24) is 30.8 Å². The van der Waals surface area contributed by atoms with Crippen molar-refractivity contribution in [3.63, 3.8) is 0 Å². The fourth-order valence-corrected chi connectivity index (χ4v) is 7.84. The van der Waals surface area contributed by atoms with Gasteiger partial charge in [0.15, 0.2) is 11.1 Å². The zero-order valence-electron chi connectivity index (χ0n) is 30.0. The normalized spacial score (nSPS) is 21.1. The molecule has 0 bridgehead atoms. The highest BCUT2D eigenvalue weighted by Gasteiger charge is 2.47. The molecule has 2 aliphatic heterocycles. The predicted molar refractivity (Wildman–Crippen MR) is 203 cm³/mol. The highest BCUT2D eigenvalue weighted by Crippen LogP contribution is 2.43. The van der Waals surface area contributed by atoms with E-state index in [-0.39, 0.29) is 17.6 Å². The molecule has 2 aromatic heterocycles. The second-order valence-corrected chi connectivity index (χ2v) is 14.4. The van der Waals surface area contributed by atoms with Crippen molar-refractivity contribution in [3.8, 4) is 17.9 Å². The third kappa shape index (κ3) is 7.25. The summed E-state index contributed by atoms with van der Waals surface area (Å²) in [6.07, 6.45) is 9.14. The molecule has 3 aliphatic rings. The highest BCUT2D eigenvalue weighted by atomic mass is 35.5. The average Bonchev–Trinajstić information content (AvgIpc) is 3.82. The Balaban J connectivity index is 1.20. The van der Waals surface area contributed by atoms with Crippen LogP contribution in [-0.2, 0) is 23.4 Å². The lowest BCUT2D eigenvalue weighted by atomic mass is 9.81. The molecule has 13 heteroatoms. The van der Waals surface area contributed by atoms with Crippen molar-refractivity contribution >= 4 is 40.1 Å². The molecule has 2 unspecified atom stereocenters. The van der Waals surface area contributed by atoms with E-state index in [1.165, 1.54) is 7.11 Å². The van der Waals surface area contributed by atoms with E-state index in [4.69, 9.17) is 31.0 Å². The van der Waals surface area contributed by atoms with Gasteiger partial charge in [-0.3, -0.25) is 14.7 Å². The SMILES string of the molecule is COc1cc(C(=O)NC2(c3nc4cc(CN5CC(CC#N)C5)cc(C#N)c4o3)C=CC=C(c3ccccc3C)C2Cl)ncc1CNC[C@@H]1CCC(=C=O)N1. The molecular weight excluding hydrogens is 704 g/mol. The van der Waals surface area contributed by atoms with E-state index < -0.39 is 16.8 Å². The first kappa shape index (κ1) is 36.6. The molecule has 4 heterocycles. The number of amides is 1. The number of nitriles is 2. The maximum atomic E-state index is 14.3. The molecule has 3 atom stereocenters. The number of pyridine rings is 1. The number of hydrogen-bond acceptors (Lipinski definition) is 11. The van der Waals surface area contributed by atoms with Crippen LogP contribution in [0.15, 0.2) is 77.0 Å². The third-order valence-corrected chi connectivity index (χ3v) is 10.9. The molecule has 3 N–H and O–H groups in total. The van der Waals surface area contributed by atoms with E-state index in [9.17, 15) is 14.9 Å². The van der Waals surface area contributed by atoms with E-state index in [2.05, 4.69) is 38.0 Å². The number of aryl methyl sites for hydroxylation is 1. The number of oxazole rings is 1. The van der Waals surface area contributed by atoms with Crippen LogP contribution in [0.5, 0.6) is 5.75 Å². The fourth-order valence-electron chi connectivity index (χ4n) is 7.43. The van der Waals surface area contributed by atoms with Gasteiger partial charge < -0.3 is 25.1 Å². The van der Waals surface area contributed by atoms with Crippen molar-refractivity contribution in [2.24, 2.45) is 5.92 Å². The molecule has 1 aliphatic carbocycles. The van der Waals surface area contributed by atoms with Crippen LogP contribution in [0.4, 0.5) is 0 Å². The zero-order valence-corrected chi connectivity index (χ0v) is 30.7. The van der Waals surface area contributed by atoms with Crippen LogP contribution < -0.4 is 20.7 Å². The van der Waals surface area contributed by atoms with Crippen LogP contribution >= 0.6 is 11.6 Å². The number of nitrogens with one attached hydrogen (secondary N) is 3. The first-order chi connectivity index (χ1) is 26.2. The zero-order chi connectivity index (χ0) is 37.8. The number of benzene rings is 2. The van der Waals surface area contributed by atoms with E-state index in [1.54, 1.807) is 24.4 Å². The summed E-state index contributed by atoms with van der Waals surface area (Å²) >= 11 is 7.45. The number of fused-ring (bicyclic) bond motifs is 1. The first-order valence-electron chi connectivity index (χ1n) is 17.8. The maximum Gasteiger partial charge on any atom is 0.271 e. The van der Waals surface area contributed by atoms with Crippen LogP contribution in [0, 0.1) is 35.5 Å². The summed E-state index contributed by atoms with van der Waals surface area (Å²) in [6.45, 7) is 5.28. The molecule has 0 spiro atoms. The number of carbonyl (C=O) groups is 1. The third-order valence-electron chi connectivity index (χ3n) is 10.3. The average molecular weight is 743 g/mol. The quantitative estimate of drug-likeness (QED) is 0.129. The van der Waals surface area contributed by atoms with Gasteiger partial charge in [0.2, 0.25) is 5.89 Å². The van der Waals surface area contributed by atoms with Gasteiger partial charge in [0.1, 0.15) is 29.0 Å². The minimum Gasteiger partial charge on any atom is -0.496 e. The molecule has 12 nitrogen and oxygen atoms in total. The first-order valence-corrected chi connectivity index (χ1v) is 18.3. The number of aromatic nitrogens is 2. The van der Waals surface area contributed by atoms with Crippen molar-refractivity contribution in [2.75, 3.05) is 26.7 Å². The monoisotopic (exact) mass is 742 g/mol. The molecule has 1 amide bonds. The molecule has 274 valence electrons. The number of hydrogen-bond donors (Lipinski definition) is 3. The van der Waals surface area contributed by atoms with Crippen molar-refractivity contribution in [1.29, 1.82) is 10.5 Å². The van der Waals surface area contributed by atoms with Gasteiger partial charge in [0, 0.05) is 69.4 Å². The van der Waals surface area contributed by atoms with Gasteiger partial charge >= 0.3 is 0 Å². The van der Waals surface area contributed by atoms with Crippen LogP contribution in [0.25, 0.3) is 16.7 Å². The van der Waals surface area contributed by atoms with Crippen LogP contribution in [0.1, 0.15) is 63.5 Å². The summed E-state index contributed by atoms with van der Waals surface area (Å²) in [6, 6.07) is 17.7. The Morgan fingerprint density at radius 2 is 2.06 bits per heavy atom. The van der Waals surface area contributed by atoms with E-state index >= 15 is 0 Å². The van der Waals surface area contributed by atoms with Crippen molar-refractivity contribution < 1.29 is 18.7 Å². The molecule has 2 fully saturated rings. The molecule has 2 saturated heterocycles. The standard InChI is InChI=1S/C41H39ClN8O4/c1-25-6-3-4-7-32(25)33-8-5-12-41(38(33)42,40-48-34-15-27(14-28(17-44)37(34)54-40)23-50-21-26(22-50)11-13-43)49-39(52)35-16-36(53-2)29(19-46-35)18-45-20-30-9-10-31(24-51)47-30/h3-8,12,14-16,19,26,30,38,45,47H,9-11,18,20-23H2,1-2H3,(H,49,52)/t30-,38?,41?/m0/s1. The lowest BCUT2D eigenvalue weighted by Gasteiger charge is -2.38. The lowest BCUT2D eigenvalue weighted by molar-refractivity contribution is 0.0901. The highest BCUT2D eigenvalue weighted by molar-refractivity contribution is 6.28. The van der Waals surface area contributed by atoms with Gasteiger partial charge in [-0.25, -0.2) is 9.78 Å². The minimum absolute atomic E-state index is 0.0952. The Labute approximate surface area is 318 Å². The topological polar surface area (TPSA) is 169 Å². The van der Waals surface area contributed by atoms with Crippen LogP contribution in [0.3, 0.4) is 0 Å². The van der Waals surface area contributed by atoms with E-state index in [0.29, 0.717) is 66.5 Å². The molecule has 0 saturated carbocycles. The number of methoxy groups -OCH3 is 1. The summed E-state index contributed by atoms with van der Waals surface area (Å²) < 4.78 is 12.1. The molecular formula is C41H39ClN8O4. The van der Waals surface area contributed by atoms with E-state index in [0.717, 1.165) is 47.3 Å². The summed E-state index contributed by atoms with van der Waals surface area (Å²) in [4.78, 5) is 36.9. The van der Waals surface area contributed by atoms with Crippen molar-refractivity contribution in [2.45, 2.75) is 56.2 Å². The van der Waals surface area contributed by atoms with Gasteiger partial charge in [0.05, 0.1) is 29.8 Å². The molecule has 4 aromatic rings. The Morgan fingerprint density at radius 1 is 1.22 bits per heavy atom. The Morgan fingerprint density at radius 3 is 2.80 bits per heavy atom. The summed E-state index contributed by atoms with van der Waals surface area (Å²) in [5.74, 6) is 2.34. The molecule has 54 heavy (non-hydrogen) atoms. The Kier molecular flexibility index (Phi) is 10.6. The molecule has 0 radical (unpaired) electrons. The number of likely N-dealkylation sites (tertiary alicyclic amines) is 1. The van der Waals surface area contributed by atoms with Gasteiger partial charge in [0.25, 0.3) is 5.91 Å². The second-order valence-electron chi connectivity index (χ2n) is 14.0. The van der Waals surface area contributed by atoms with Gasteiger partial charge in [-0.1, -0.05) is 36.4 Å². The summed E-state index contributed by atoms with van der Waals surface area (Å²) in [5.41, 5.74) is 4.58. The Bertz CT molecular complexity index is 2290. The van der Waals surface area contributed by atoms with Gasteiger partial charge in [-0.15, -0.1) is 11.6 Å². The maximum absolute atomic E-state index is 14.3. The minimum atomic E-state index is -1.49. The van der Waals surface area contributed by atoms with Gasteiger partial charge in [-0.2, -0.15) is 10.5 Å². The molecule has 2 aromatic carbocycles. The number of allylic oxidation sites excluding steroid dienone is 3. The molecule has 7 rings (SSSR count). The van der Waals surface area contributed by atoms with Gasteiger partial charge in [-0.05, 0) is 59.7 Å². The number of halogens is 1. The lowest BCUT2D eigenvalue weighted by Crippen LogP contribution is -2.52. The Hall–Kier alpha value is -5.75. The number of nitrogens with zero attached hydrogens (tertiary/aromatic N) is 5. The number of ether oxygens (including phenoxy) is 1. The smallest absolute Gasteiger partial charge is 0.271 e. The largest absolute Gasteiger partial charge is 0.496 e. The summed E-state index contributed by atoms with van der Waals surface area (Å²) in [7, 11) is 1.53.